The van der Waals surface area contributed by atoms with Crippen LogP contribution in [0.1, 0.15) is 6.92 Å². The van der Waals surface area contributed by atoms with Crippen molar-refractivity contribution in [3.63, 3.8) is 0 Å². The van der Waals surface area contributed by atoms with E-state index in [4.69, 9.17) is 9.47 Å². The predicted octanol–water partition coefficient (Wildman–Crippen LogP) is 3.82. The van der Waals surface area contributed by atoms with Gasteiger partial charge in [0.1, 0.15) is 11.8 Å². The fourth-order valence-electron chi connectivity index (χ4n) is 3.93. The Morgan fingerprint density at radius 1 is 0.857 bits per heavy atom. The maximum atomic E-state index is 13.0. The highest BCUT2D eigenvalue weighted by molar-refractivity contribution is 7.89. The number of methoxy groups -OCH3 is 1. The highest BCUT2D eigenvalue weighted by Crippen LogP contribution is 2.31. The Morgan fingerprint density at radius 2 is 1.46 bits per heavy atom. The van der Waals surface area contributed by atoms with Gasteiger partial charge in [-0.3, -0.25) is 4.79 Å². The molecule has 0 saturated carbocycles. The van der Waals surface area contributed by atoms with Crippen molar-refractivity contribution in [1.82, 2.24) is 9.21 Å². The number of benzene rings is 3. The second kappa shape index (κ2) is 10.8. The molecular weight excluding hydrogens is 466 g/mol. The fraction of sp³-hybridized carbons (Fsp3) is 0.269. The van der Waals surface area contributed by atoms with Crippen molar-refractivity contribution in [2.75, 3.05) is 38.6 Å². The van der Waals surface area contributed by atoms with E-state index in [2.05, 4.69) is 5.32 Å². The van der Waals surface area contributed by atoms with Crippen molar-refractivity contribution in [2.45, 2.75) is 17.9 Å². The van der Waals surface area contributed by atoms with Crippen LogP contribution in [0.3, 0.4) is 0 Å². The van der Waals surface area contributed by atoms with Crippen molar-refractivity contribution in [1.29, 1.82) is 0 Å². The number of carbonyl (C=O) groups is 1. The van der Waals surface area contributed by atoms with Crippen LogP contribution in [-0.4, -0.2) is 62.9 Å². The summed E-state index contributed by atoms with van der Waals surface area (Å²) in [5, 5.41) is 3.22. The molecule has 0 bridgehead atoms. The van der Waals surface area contributed by atoms with Crippen LogP contribution in [0, 0.1) is 0 Å². The van der Waals surface area contributed by atoms with Crippen LogP contribution in [-0.2, 0) is 14.8 Å². The summed E-state index contributed by atoms with van der Waals surface area (Å²) in [7, 11) is -1.96. The number of para-hydroxylation sites is 2. The van der Waals surface area contributed by atoms with Gasteiger partial charge in [0.15, 0.2) is 11.5 Å². The molecule has 0 aromatic heterocycles. The maximum Gasteiger partial charge on any atom is 0.244 e. The van der Waals surface area contributed by atoms with E-state index in [0.717, 1.165) is 5.69 Å². The molecular formula is C26H29N3O5S. The number of piperazine rings is 1. The largest absolute Gasteiger partial charge is 0.493 e. The SMILES string of the molecule is COc1ccccc1Oc1ccc(N[C@@H](C)C(=O)N2CCN(S(=O)(=O)c3ccccc3)CC2)cc1. The smallest absolute Gasteiger partial charge is 0.244 e. The first-order valence-electron chi connectivity index (χ1n) is 11.4. The van der Waals surface area contributed by atoms with E-state index in [0.29, 0.717) is 30.3 Å². The van der Waals surface area contributed by atoms with E-state index in [9.17, 15) is 13.2 Å². The summed E-state index contributed by atoms with van der Waals surface area (Å²) < 4.78 is 38.3. The summed E-state index contributed by atoms with van der Waals surface area (Å²) in [5.41, 5.74) is 0.781. The van der Waals surface area contributed by atoms with Crippen LogP contribution in [0.15, 0.2) is 83.8 Å². The highest BCUT2D eigenvalue weighted by atomic mass is 32.2. The molecule has 9 heteroatoms. The van der Waals surface area contributed by atoms with Crippen molar-refractivity contribution < 1.29 is 22.7 Å². The number of hydrogen-bond donors (Lipinski definition) is 1. The lowest BCUT2D eigenvalue weighted by Gasteiger charge is -2.35. The second-order valence-electron chi connectivity index (χ2n) is 8.19. The van der Waals surface area contributed by atoms with Crippen LogP contribution in [0.4, 0.5) is 5.69 Å². The molecule has 4 rings (SSSR count). The van der Waals surface area contributed by atoms with E-state index in [1.165, 1.54) is 4.31 Å². The van der Waals surface area contributed by atoms with Crippen LogP contribution >= 0.6 is 0 Å². The number of hydrogen-bond acceptors (Lipinski definition) is 6. The molecule has 3 aromatic carbocycles. The molecule has 1 saturated heterocycles. The quantitative estimate of drug-likeness (QED) is 0.511. The van der Waals surface area contributed by atoms with Gasteiger partial charge in [0.05, 0.1) is 12.0 Å². The van der Waals surface area contributed by atoms with Crippen LogP contribution in [0.25, 0.3) is 0 Å². The van der Waals surface area contributed by atoms with E-state index in [1.54, 1.807) is 49.3 Å². The monoisotopic (exact) mass is 495 g/mol. The Balaban J connectivity index is 1.31. The van der Waals surface area contributed by atoms with Gasteiger partial charge >= 0.3 is 0 Å². The van der Waals surface area contributed by atoms with Gasteiger partial charge in [0.2, 0.25) is 15.9 Å². The number of rotatable bonds is 8. The molecule has 3 aromatic rings. The van der Waals surface area contributed by atoms with Gasteiger partial charge in [-0.15, -0.1) is 0 Å². The van der Waals surface area contributed by atoms with Gasteiger partial charge in [-0.25, -0.2) is 8.42 Å². The molecule has 0 aliphatic carbocycles. The minimum absolute atomic E-state index is 0.0730. The molecule has 35 heavy (non-hydrogen) atoms. The normalized spacial score (nSPS) is 15.3. The van der Waals surface area contributed by atoms with Crippen LogP contribution in [0.2, 0.25) is 0 Å². The molecule has 1 heterocycles. The van der Waals surface area contributed by atoms with Crippen molar-refractivity contribution in [3.8, 4) is 17.2 Å². The first-order valence-corrected chi connectivity index (χ1v) is 12.8. The zero-order chi connectivity index (χ0) is 24.8. The Bertz CT molecular complexity index is 1240. The lowest BCUT2D eigenvalue weighted by molar-refractivity contribution is -0.132. The summed E-state index contributed by atoms with van der Waals surface area (Å²) in [4.78, 5) is 14.9. The third kappa shape index (κ3) is 5.75. The molecule has 184 valence electrons. The number of ether oxygens (including phenoxy) is 2. The molecule has 1 aliphatic heterocycles. The van der Waals surface area contributed by atoms with E-state index < -0.39 is 16.1 Å². The minimum atomic E-state index is -3.55. The molecule has 1 aliphatic rings. The van der Waals surface area contributed by atoms with E-state index in [1.807, 2.05) is 48.5 Å². The first-order chi connectivity index (χ1) is 16.9. The summed E-state index contributed by atoms with van der Waals surface area (Å²) >= 11 is 0. The Hall–Kier alpha value is -3.56. The molecule has 0 unspecified atom stereocenters. The summed E-state index contributed by atoms with van der Waals surface area (Å²) in [6.45, 7) is 3.04. The van der Waals surface area contributed by atoms with Crippen molar-refractivity contribution in [3.05, 3.63) is 78.9 Å². The maximum absolute atomic E-state index is 13.0. The number of anilines is 1. The van der Waals surface area contributed by atoms with Crippen molar-refractivity contribution in [2.24, 2.45) is 0 Å². The zero-order valence-corrected chi connectivity index (χ0v) is 20.6. The molecule has 1 fully saturated rings. The summed E-state index contributed by atoms with van der Waals surface area (Å²) in [5.74, 6) is 1.84. The molecule has 1 atom stereocenters. The van der Waals surface area contributed by atoms with E-state index >= 15 is 0 Å². The Morgan fingerprint density at radius 3 is 2.09 bits per heavy atom. The third-order valence-corrected chi connectivity index (χ3v) is 7.75. The summed E-state index contributed by atoms with van der Waals surface area (Å²) in [6.07, 6.45) is 0. The van der Waals surface area contributed by atoms with Gasteiger partial charge in [-0.2, -0.15) is 4.31 Å². The fourth-order valence-corrected chi connectivity index (χ4v) is 5.37. The first kappa shape index (κ1) is 24.6. The zero-order valence-electron chi connectivity index (χ0n) is 19.8. The number of sulfonamides is 1. The third-order valence-electron chi connectivity index (χ3n) is 5.84. The lowest BCUT2D eigenvalue weighted by Crippen LogP contribution is -2.53. The number of carbonyl (C=O) groups excluding carboxylic acids is 1. The number of amides is 1. The van der Waals surface area contributed by atoms with Gasteiger partial charge in [-0.05, 0) is 55.5 Å². The Labute approximate surface area is 206 Å². The average molecular weight is 496 g/mol. The average Bonchev–Trinajstić information content (AvgIpc) is 2.90. The molecule has 1 N–H and O–H groups in total. The lowest BCUT2D eigenvalue weighted by atomic mass is 10.2. The molecule has 8 nitrogen and oxygen atoms in total. The number of nitrogens with zero attached hydrogens (tertiary/aromatic N) is 2. The highest BCUT2D eigenvalue weighted by Gasteiger charge is 2.31. The predicted molar refractivity (Wildman–Crippen MR) is 134 cm³/mol. The van der Waals surface area contributed by atoms with Gasteiger partial charge in [-0.1, -0.05) is 30.3 Å². The number of nitrogens with one attached hydrogen (secondary N) is 1. The molecule has 0 spiro atoms. The van der Waals surface area contributed by atoms with Gasteiger partial charge in [0.25, 0.3) is 0 Å². The van der Waals surface area contributed by atoms with E-state index in [-0.39, 0.29) is 23.9 Å². The Kier molecular flexibility index (Phi) is 7.57. The van der Waals surface area contributed by atoms with Gasteiger partial charge < -0.3 is 19.7 Å². The molecule has 1 amide bonds. The van der Waals surface area contributed by atoms with Crippen LogP contribution < -0.4 is 14.8 Å². The van der Waals surface area contributed by atoms with Crippen molar-refractivity contribution >= 4 is 21.6 Å². The minimum Gasteiger partial charge on any atom is -0.493 e. The molecule has 0 radical (unpaired) electrons. The van der Waals surface area contributed by atoms with Crippen LogP contribution in [0.5, 0.6) is 17.2 Å². The van der Waals surface area contributed by atoms with Gasteiger partial charge in [0, 0.05) is 31.9 Å². The standard InChI is InChI=1S/C26H29N3O5S/c1-20(27-21-12-14-22(15-13-21)34-25-11-7-6-10-24(25)33-2)26(30)28-16-18-29(19-17-28)35(31,32)23-8-4-3-5-9-23/h3-15,20,27H,16-19H2,1-2H3/t20-/m0/s1. The topological polar surface area (TPSA) is 88.2 Å². The summed E-state index contributed by atoms with van der Waals surface area (Å²) in [6, 6.07) is 22.6. The second-order valence-corrected chi connectivity index (χ2v) is 10.1.